The van der Waals surface area contributed by atoms with Crippen LogP contribution in [0.5, 0.6) is 17.2 Å². The summed E-state index contributed by atoms with van der Waals surface area (Å²) < 4.78 is 14.9. The molecule has 0 unspecified atom stereocenters. The Morgan fingerprint density at radius 2 is 2.29 bits per heavy atom. The lowest BCUT2D eigenvalue weighted by Gasteiger charge is -2.01. The van der Waals surface area contributed by atoms with E-state index in [0.717, 1.165) is 0 Å². The standard InChI is InChI=1S/C8H7NO5/c1-12-5-2-6(9(10)11)8-7(3-5)13-4-14-8/h2-3H,4H2,1H3. The van der Waals surface area contributed by atoms with Crippen LogP contribution in [0.15, 0.2) is 12.1 Å². The predicted molar refractivity (Wildman–Crippen MR) is 45.8 cm³/mol. The van der Waals surface area contributed by atoms with Crippen molar-refractivity contribution in [2.24, 2.45) is 0 Å². The van der Waals surface area contributed by atoms with Gasteiger partial charge in [-0.25, -0.2) is 0 Å². The summed E-state index contributed by atoms with van der Waals surface area (Å²) in [6.45, 7) is 0.00331. The smallest absolute Gasteiger partial charge is 0.318 e. The van der Waals surface area contributed by atoms with Gasteiger partial charge < -0.3 is 14.2 Å². The number of fused-ring (bicyclic) bond motifs is 1. The summed E-state index contributed by atoms with van der Waals surface area (Å²) in [5.41, 5.74) is -0.142. The first kappa shape index (κ1) is 8.61. The van der Waals surface area contributed by atoms with E-state index >= 15 is 0 Å². The van der Waals surface area contributed by atoms with E-state index in [2.05, 4.69) is 0 Å². The molecule has 6 heteroatoms. The molecule has 0 radical (unpaired) electrons. The summed E-state index contributed by atoms with van der Waals surface area (Å²) in [5.74, 6) is 0.882. The van der Waals surface area contributed by atoms with Gasteiger partial charge in [-0.15, -0.1) is 0 Å². The van der Waals surface area contributed by atoms with Gasteiger partial charge in [-0.1, -0.05) is 0 Å². The summed E-state index contributed by atoms with van der Waals surface area (Å²) in [6.07, 6.45) is 0. The monoisotopic (exact) mass is 197 g/mol. The van der Waals surface area contributed by atoms with Crippen molar-refractivity contribution in [1.82, 2.24) is 0 Å². The molecule has 0 aromatic heterocycles. The topological polar surface area (TPSA) is 70.8 Å². The normalized spacial score (nSPS) is 12.6. The average molecular weight is 197 g/mol. The largest absolute Gasteiger partial charge is 0.496 e. The Morgan fingerprint density at radius 1 is 1.50 bits per heavy atom. The van der Waals surface area contributed by atoms with Crippen molar-refractivity contribution in [1.29, 1.82) is 0 Å². The number of hydrogen-bond acceptors (Lipinski definition) is 5. The number of rotatable bonds is 2. The van der Waals surface area contributed by atoms with Gasteiger partial charge in [0.2, 0.25) is 12.5 Å². The Bertz CT molecular complexity index is 390. The Balaban J connectivity index is 2.57. The zero-order valence-corrected chi connectivity index (χ0v) is 7.35. The van der Waals surface area contributed by atoms with Crippen molar-refractivity contribution in [3.05, 3.63) is 22.2 Å². The average Bonchev–Trinajstić information content (AvgIpc) is 2.63. The molecule has 1 aromatic carbocycles. The van der Waals surface area contributed by atoms with E-state index in [1.165, 1.54) is 13.2 Å². The molecule has 1 aliphatic heterocycles. The van der Waals surface area contributed by atoms with Crippen molar-refractivity contribution in [2.45, 2.75) is 0 Å². The van der Waals surface area contributed by atoms with Crippen LogP contribution in [0.3, 0.4) is 0 Å². The lowest BCUT2D eigenvalue weighted by molar-refractivity contribution is -0.385. The predicted octanol–water partition coefficient (Wildman–Crippen LogP) is 1.33. The van der Waals surface area contributed by atoms with Crippen LogP contribution in [-0.2, 0) is 0 Å². The lowest BCUT2D eigenvalue weighted by atomic mass is 10.2. The molecule has 0 amide bonds. The molecule has 0 saturated heterocycles. The molecule has 1 heterocycles. The molecule has 0 aliphatic carbocycles. The van der Waals surface area contributed by atoms with Crippen molar-refractivity contribution < 1.29 is 19.1 Å². The summed E-state index contributed by atoms with van der Waals surface area (Å²) >= 11 is 0. The van der Waals surface area contributed by atoms with E-state index in [4.69, 9.17) is 14.2 Å². The molecule has 0 N–H and O–H groups in total. The van der Waals surface area contributed by atoms with Gasteiger partial charge >= 0.3 is 5.69 Å². The molecule has 0 bridgehead atoms. The first-order valence-corrected chi connectivity index (χ1v) is 3.84. The molecule has 6 nitrogen and oxygen atoms in total. The van der Waals surface area contributed by atoms with Crippen molar-refractivity contribution >= 4 is 5.69 Å². The molecular weight excluding hydrogens is 190 g/mol. The van der Waals surface area contributed by atoms with Crippen LogP contribution in [-0.4, -0.2) is 18.8 Å². The number of nitro benzene ring substituents is 1. The van der Waals surface area contributed by atoms with E-state index in [1.54, 1.807) is 6.07 Å². The van der Waals surface area contributed by atoms with Gasteiger partial charge in [0.15, 0.2) is 5.75 Å². The van der Waals surface area contributed by atoms with Crippen LogP contribution in [0, 0.1) is 10.1 Å². The minimum atomic E-state index is -0.532. The summed E-state index contributed by atoms with van der Waals surface area (Å²) in [6, 6.07) is 2.85. The number of ether oxygens (including phenoxy) is 3. The van der Waals surface area contributed by atoms with Crippen molar-refractivity contribution in [3.8, 4) is 17.2 Å². The highest BCUT2D eigenvalue weighted by molar-refractivity contribution is 5.60. The second-order valence-corrected chi connectivity index (χ2v) is 2.64. The van der Waals surface area contributed by atoms with Crippen molar-refractivity contribution in [2.75, 3.05) is 13.9 Å². The third-order valence-corrected chi connectivity index (χ3v) is 1.86. The maximum Gasteiger partial charge on any atom is 0.318 e. The van der Waals surface area contributed by atoms with Crippen LogP contribution in [0.1, 0.15) is 0 Å². The van der Waals surface area contributed by atoms with Gasteiger partial charge in [-0.05, 0) is 0 Å². The highest BCUT2D eigenvalue weighted by Crippen LogP contribution is 2.43. The van der Waals surface area contributed by atoms with E-state index in [9.17, 15) is 10.1 Å². The van der Waals surface area contributed by atoms with Gasteiger partial charge in [0.05, 0.1) is 18.1 Å². The van der Waals surface area contributed by atoms with Crippen molar-refractivity contribution in [3.63, 3.8) is 0 Å². The number of benzene rings is 1. The minimum absolute atomic E-state index is 0.00331. The molecular formula is C8H7NO5. The summed E-state index contributed by atoms with van der Waals surface area (Å²) in [4.78, 5) is 10.1. The quantitative estimate of drug-likeness (QED) is 0.528. The first-order chi connectivity index (χ1) is 6.72. The Kier molecular flexibility index (Phi) is 1.88. The van der Waals surface area contributed by atoms with E-state index in [-0.39, 0.29) is 18.2 Å². The molecule has 2 rings (SSSR count). The molecule has 1 aromatic rings. The number of hydrogen-bond donors (Lipinski definition) is 0. The molecule has 14 heavy (non-hydrogen) atoms. The SMILES string of the molecule is COc1cc2c(c([N+](=O)[O-])c1)OCO2. The molecule has 0 saturated carbocycles. The molecule has 0 fully saturated rings. The van der Waals surface area contributed by atoms with E-state index in [1.807, 2.05) is 0 Å². The van der Waals surface area contributed by atoms with Gasteiger partial charge in [0, 0.05) is 6.07 Å². The zero-order chi connectivity index (χ0) is 10.1. The van der Waals surface area contributed by atoms with Gasteiger partial charge in [0.25, 0.3) is 0 Å². The first-order valence-electron chi connectivity index (χ1n) is 3.84. The Labute approximate surface area is 79.1 Å². The highest BCUT2D eigenvalue weighted by Gasteiger charge is 2.26. The molecule has 0 spiro atoms. The second kappa shape index (κ2) is 3.06. The molecule has 0 atom stereocenters. The number of methoxy groups -OCH3 is 1. The fraction of sp³-hybridized carbons (Fsp3) is 0.250. The number of nitro groups is 1. The van der Waals surface area contributed by atoms with Gasteiger partial charge in [-0.3, -0.25) is 10.1 Å². The molecule has 1 aliphatic rings. The maximum absolute atomic E-state index is 10.6. The van der Waals surface area contributed by atoms with Crippen LogP contribution in [0.25, 0.3) is 0 Å². The van der Waals surface area contributed by atoms with Crippen LogP contribution in [0.2, 0.25) is 0 Å². The third kappa shape index (κ3) is 1.20. The maximum atomic E-state index is 10.6. The van der Waals surface area contributed by atoms with E-state index < -0.39 is 4.92 Å². The van der Waals surface area contributed by atoms with Crippen LogP contribution in [0.4, 0.5) is 5.69 Å². The third-order valence-electron chi connectivity index (χ3n) is 1.86. The van der Waals surface area contributed by atoms with Gasteiger partial charge in [0.1, 0.15) is 5.75 Å². The lowest BCUT2D eigenvalue weighted by Crippen LogP contribution is -1.95. The minimum Gasteiger partial charge on any atom is -0.496 e. The van der Waals surface area contributed by atoms with Crippen LogP contribution >= 0.6 is 0 Å². The Morgan fingerprint density at radius 3 is 2.93 bits per heavy atom. The fourth-order valence-corrected chi connectivity index (χ4v) is 1.22. The fourth-order valence-electron chi connectivity index (χ4n) is 1.22. The highest BCUT2D eigenvalue weighted by atomic mass is 16.7. The zero-order valence-electron chi connectivity index (χ0n) is 7.35. The molecule has 74 valence electrons. The van der Waals surface area contributed by atoms with E-state index in [0.29, 0.717) is 11.5 Å². The van der Waals surface area contributed by atoms with Crippen LogP contribution < -0.4 is 14.2 Å². The number of nitrogens with zero attached hydrogens (tertiary/aromatic N) is 1. The second-order valence-electron chi connectivity index (χ2n) is 2.64. The Hall–Kier alpha value is -1.98. The summed E-state index contributed by atoms with van der Waals surface area (Å²) in [5, 5.41) is 10.6. The summed E-state index contributed by atoms with van der Waals surface area (Å²) in [7, 11) is 1.43. The van der Waals surface area contributed by atoms with Gasteiger partial charge in [-0.2, -0.15) is 0 Å².